The number of hydrogen-bond donors (Lipinski definition) is 16. The Kier molecular flexibility index (Phi) is 20.0. The number of benzene rings is 4. The van der Waals surface area contributed by atoms with Crippen LogP contribution >= 0.6 is 0 Å². The standard InChI is InChI=1S/C57H62O30/c1-22-40(64)45(69)49(73)54(80-22)79-21-37-44(68)48(72)52(76)57(87-37)84-34-18-29-30(60)16-28(81-55-50(74)46(70)42(66)35(85-55)19-77-38(62)12-6-23-2-8-26(58)9-3-23)17-32(29)82-53(34)25-14-31(61)41(65)33(15-25)83-56-51(75)47(71)43(67)36(86-56)20-78-39(63)13-7-24-4-10-27(59)11-5-24/h2-18,22,35-37,40,42-52,54-59,61,64-76H,19-21H2,1H3/t22-,35-,36+,37-,40-,42+,43+,44+,45+,46-,47-,48-,49-,50+,51-,52+,54+,55+,56+,57+/m0/s1. The first-order valence-electron chi connectivity index (χ1n) is 26.7. The van der Waals surface area contributed by atoms with Crippen LogP contribution in [0.4, 0.5) is 0 Å². The fourth-order valence-corrected chi connectivity index (χ4v) is 9.44. The maximum absolute atomic E-state index is 14.1. The minimum atomic E-state index is -2.14. The van der Waals surface area contributed by atoms with Gasteiger partial charge in [0, 0.05) is 29.8 Å². The minimum Gasteiger partial charge on any atom is -0.508 e. The van der Waals surface area contributed by atoms with Crippen LogP contribution in [0.25, 0.3) is 34.8 Å². The topological polar surface area (TPSA) is 480 Å². The summed E-state index contributed by atoms with van der Waals surface area (Å²) in [5.74, 6) is -6.68. The first-order valence-corrected chi connectivity index (χ1v) is 26.7. The number of aliphatic hydroxyl groups excluding tert-OH is 12. The van der Waals surface area contributed by atoms with Gasteiger partial charge in [-0.15, -0.1) is 0 Å². The molecule has 0 unspecified atom stereocenters. The monoisotopic (exact) mass is 1230 g/mol. The number of aromatic hydroxyl groups is 4. The summed E-state index contributed by atoms with van der Waals surface area (Å²) in [6.45, 7) is -0.797. The summed E-state index contributed by atoms with van der Waals surface area (Å²) in [4.78, 5) is 39.3. The number of ether oxygens (including phenoxy) is 10. The van der Waals surface area contributed by atoms with Gasteiger partial charge in [-0.25, -0.2) is 9.59 Å². The van der Waals surface area contributed by atoms with Crippen molar-refractivity contribution in [3.63, 3.8) is 0 Å². The lowest BCUT2D eigenvalue weighted by Gasteiger charge is -2.42. The Morgan fingerprint density at radius 1 is 0.483 bits per heavy atom. The number of esters is 2. The molecule has 4 saturated heterocycles. The van der Waals surface area contributed by atoms with Gasteiger partial charge in [0.05, 0.1) is 18.3 Å². The Hall–Kier alpha value is -7.57. The fourth-order valence-electron chi connectivity index (χ4n) is 9.44. The largest absolute Gasteiger partial charge is 0.508 e. The first kappa shape index (κ1) is 63.9. The van der Waals surface area contributed by atoms with Crippen LogP contribution in [0.5, 0.6) is 40.2 Å². The van der Waals surface area contributed by atoms with Crippen molar-refractivity contribution in [2.45, 2.75) is 130 Å². The summed E-state index contributed by atoms with van der Waals surface area (Å²) in [5.41, 5.74) is -0.638. The van der Waals surface area contributed by atoms with Gasteiger partial charge < -0.3 is 133 Å². The third-order valence-corrected chi connectivity index (χ3v) is 14.5. The third kappa shape index (κ3) is 14.6. The van der Waals surface area contributed by atoms with Gasteiger partial charge >= 0.3 is 11.9 Å². The number of carbonyl (C=O) groups is 2. The van der Waals surface area contributed by atoms with Crippen LogP contribution < -0.4 is 19.6 Å². The van der Waals surface area contributed by atoms with Crippen molar-refractivity contribution >= 4 is 24.1 Å². The Morgan fingerprint density at radius 2 is 0.931 bits per heavy atom. The highest BCUT2D eigenvalue weighted by molar-refractivity contribution is 5.87. The second-order valence-electron chi connectivity index (χ2n) is 20.6. The summed E-state index contributed by atoms with van der Waals surface area (Å²) >= 11 is 0. The molecule has 3 aromatic carbocycles. The molecule has 1 aliphatic carbocycles. The van der Waals surface area contributed by atoms with Crippen molar-refractivity contribution in [3.8, 4) is 62.9 Å². The average Bonchev–Trinajstić information content (AvgIpc) is 1.05. The second-order valence-corrected chi connectivity index (χ2v) is 20.6. The van der Waals surface area contributed by atoms with Crippen LogP contribution in [0.1, 0.15) is 18.1 Å². The highest BCUT2D eigenvalue weighted by Crippen LogP contribution is 2.46. The molecule has 0 amide bonds. The van der Waals surface area contributed by atoms with Crippen LogP contribution in [-0.2, 0) is 42.7 Å². The quantitative estimate of drug-likeness (QED) is 0.0239. The van der Waals surface area contributed by atoms with Gasteiger partial charge in [0.15, 0.2) is 34.7 Å². The minimum absolute atomic E-state index is 0.0129. The van der Waals surface area contributed by atoms with Gasteiger partial charge in [-0.05, 0) is 72.7 Å². The highest BCUT2D eigenvalue weighted by atomic mass is 16.7. The van der Waals surface area contributed by atoms with E-state index in [1.807, 2.05) is 0 Å². The molecule has 6 aliphatic rings. The second kappa shape index (κ2) is 27.2. The molecule has 0 saturated carbocycles. The summed E-state index contributed by atoms with van der Waals surface area (Å²) < 4.78 is 62.6. The van der Waals surface area contributed by atoms with Crippen molar-refractivity contribution in [2.24, 2.45) is 0 Å². The molecule has 5 aliphatic heterocycles. The Balaban J connectivity index is 1.01. The van der Waals surface area contributed by atoms with Crippen LogP contribution in [0.15, 0.2) is 100 Å². The van der Waals surface area contributed by atoms with Crippen LogP contribution in [0.3, 0.4) is 0 Å². The van der Waals surface area contributed by atoms with Crippen molar-refractivity contribution < 1.29 is 143 Å². The lowest BCUT2D eigenvalue weighted by Crippen LogP contribution is -2.61. The predicted molar refractivity (Wildman–Crippen MR) is 287 cm³/mol. The zero-order valence-electron chi connectivity index (χ0n) is 45.4. The summed E-state index contributed by atoms with van der Waals surface area (Å²) in [7, 11) is 0. The average molecular weight is 1230 g/mol. The van der Waals surface area contributed by atoms with E-state index in [4.69, 9.17) is 51.8 Å². The summed E-state index contributed by atoms with van der Waals surface area (Å²) in [5, 5.41) is 171. The molecule has 30 heteroatoms. The van der Waals surface area contributed by atoms with Crippen LogP contribution in [0, 0.1) is 0 Å². The Morgan fingerprint density at radius 3 is 1.44 bits per heavy atom. The molecule has 0 aromatic heterocycles. The molecule has 16 N–H and O–H groups in total. The third-order valence-electron chi connectivity index (χ3n) is 14.5. The molecule has 3 aromatic rings. The van der Waals surface area contributed by atoms with Crippen molar-refractivity contribution in [1.82, 2.24) is 0 Å². The van der Waals surface area contributed by atoms with Crippen molar-refractivity contribution in [3.05, 3.63) is 112 Å². The molecule has 30 nitrogen and oxygen atoms in total. The molecule has 4 fully saturated rings. The molecular formula is C57H62O30. The van der Waals surface area contributed by atoms with E-state index in [2.05, 4.69) is 0 Å². The zero-order chi connectivity index (χ0) is 62.7. The van der Waals surface area contributed by atoms with Gasteiger partial charge in [0.25, 0.3) is 0 Å². The maximum Gasteiger partial charge on any atom is 0.330 e. The van der Waals surface area contributed by atoms with E-state index in [0.717, 1.165) is 42.5 Å². The molecule has 0 spiro atoms. The highest BCUT2D eigenvalue weighted by Gasteiger charge is 2.50. The molecular weight excluding hydrogens is 1160 g/mol. The number of fused-ring (bicyclic) bond motifs is 1. The van der Waals surface area contributed by atoms with Gasteiger partial charge in [-0.3, -0.25) is 4.79 Å². The van der Waals surface area contributed by atoms with Crippen molar-refractivity contribution in [1.29, 1.82) is 0 Å². The number of aliphatic hydroxyl groups is 12. The van der Waals surface area contributed by atoms with E-state index in [-0.39, 0.29) is 22.6 Å². The van der Waals surface area contributed by atoms with E-state index in [0.29, 0.717) is 11.1 Å². The van der Waals surface area contributed by atoms with Crippen molar-refractivity contribution in [2.75, 3.05) is 19.8 Å². The molecule has 20 atom stereocenters. The SMILES string of the molecule is C[C@@H]1O[C@@H](OC[C@@H]2O[C@@H](Oc3cc4c(=O)cc(O[C@@H]5O[C@@H](COC(=O)C=Cc6ccc(O)cc6)[C@@H](O)[C@H](O)[C@H]5O)cc-4oc3-c3cc(O)c(O)c(O[C@@H]4O[C@H](COC(=O)C=Cc5ccc(O)cc5)[C@@H](O)[C@H](O)[C@@H]4O)c3)[C@H](O)[C@@H](O)[C@@H]2O)[C@@H](O)[C@H](O)[C@H]1O. The lowest BCUT2D eigenvalue weighted by molar-refractivity contribution is -0.318. The van der Waals surface area contributed by atoms with Gasteiger partial charge in [0.2, 0.25) is 24.6 Å². The maximum atomic E-state index is 14.1. The molecule has 5 heterocycles. The zero-order valence-corrected chi connectivity index (χ0v) is 45.4. The molecule has 470 valence electrons. The fraction of sp³-hybridized carbons (Fsp3) is 0.421. The van der Waals surface area contributed by atoms with E-state index >= 15 is 0 Å². The number of rotatable bonds is 18. The normalized spacial score (nSPS) is 32.9. The number of carbonyl (C=O) groups excluding carboxylic acids is 2. The molecule has 0 radical (unpaired) electrons. The Labute approximate surface area is 490 Å². The van der Waals surface area contributed by atoms with E-state index in [1.165, 1.54) is 67.6 Å². The predicted octanol–water partition coefficient (Wildman–Crippen LogP) is -2.85. The lowest BCUT2D eigenvalue weighted by atomic mass is 9.98. The van der Waals surface area contributed by atoms with E-state index in [1.54, 1.807) is 0 Å². The van der Waals surface area contributed by atoms with E-state index in [9.17, 15) is 96.1 Å². The van der Waals surface area contributed by atoms with E-state index < -0.39 is 200 Å². The number of hydrogen-bond acceptors (Lipinski definition) is 30. The number of phenolic OH excluding ortho intramolecular Hbond substituents is 4. The summed E-state index contributed by atoms with van der Waals surface area (Å²) in [6.07, 6.45) is -31.8. The van der Waals surface area contributed by atoms with Gasteiger partial charge in [0.1, 0.15) is 128 Å². The van der Waals surface area contributed by atoms with Gasteiger partial charge in [-0.2, -0.15) is 0 Å². The molecule has 87 heavy (non-hydrogen) atoms. The first-order chi connectivity index (χ1) is 41.3. The Bertz CT molecular complexity index is 3260. The van der Waals surface area contributed by atoms with Crippen LogP contribution in [0.2, 0.25) is 0 Å². The van der Waals surface area contributed by atoms with Gasteiger partial charge in [-0.1, -0.05) is 24.3 Å². The molecule has 9 rings (SSSR count). The summed E-state index contributed by atoms with van der Waals surface area (Å²) in [6, 6.07) is 16.3. The van der Waals surface area contributed by atoms with Crippen LogP contribution in [-0.4, -0.2) is 236 Å². The smallest absolute Gasteiger partial charge is 0.330 e. The number of phenols is 4. The molecule has 0 bridgehead atoms.